The van der Waals surface area contributed by atoms with Gasteiger partial charge in [0.25, 0.3) is 0 Å². The number of hydrogen-bond donors (Lipinski definition) is 0. The van der Waals surface area contributed by atoms with E-state index in [4.69, 9.17) is 0 Å². The molecule has 0 N–H and O–H groups in total. The lowest BCUT2D eigenvalue weighted by molar-refractivity contribution is 0.378. The minimum atomic E-state index is -3.55. The van der Waals surface area contributed by atoms with E-state index >= 15 is 0 Å². The first-order valence-corrected chi connectivity index (χ1v) is 4.36. The molecule has 0 atom stereocenters. The topological polar surface area (TPSA) is 55.7 Å². The molecular weight excluding hydrogens is 154 g/mol. The molecule has 0 amide bonds. The fourth-order valence-corrected chi connectivity index (χ4v) is 1.48. The summed E-state index contributed by atoms with van der Waals surface area (Å²) < 4.78 is 28.8. The molecule has 0 saturated carbocycles. The Morgan fingerprint density at radius 2 is 2.20 bits per heavy atom. The van der Waals surface area contributed by atoms with Gasteiger partial charge in [0.05, 0.1) is 5.71 Å². The Kier molecular flexibility index (Phi) is 1.78. The Morgan fingerprint density at radius 1 is 1.60 bits per heavy atom. The molecule has 0 aliphatic carbocycles. The van der Waals surface area contributed by atoms with Crippen molar-refractivity contribution >= 4 is 16.0 Å². The second-order valence-corrected chi connectivity index (χ2v) is 3.70. The predicted octanol–water partition coefficient (Wildman–Crippen LogP) is 0.358. The van der Waals surface area contributed by atoms with Crippen molar-refractivity contribution in [2.75, 3.05) is 6.61 Å². The van der Waals surface area contributed by atoms with Crippen molar-refractivity contribution in [3.8, 4) is 0 Å². The molecule has 0 radical (unpaired) electrons. The molecule has 0 spiro atoms. The molecule has 0 fully saturated rings. The largest absolute Gasteiger partial charge is 0.381 e. The third-order valence-electron chi connectivity index (χ3n) is 1.25. The second kappa shape index (κ2) is 2.32. The van der Waals surface area contributed by atoms with Gasteiger partial charge in [0, 0.05) is 0 Å². The van der Waals surface area contributed by atoms with Crippen LogP contribution in [0.4, 0.5) is 0 Å². The van der Waals surface area contributed by atoms with E-state index in [1.807, 2.05) is 13.8 Å². The molecule has 0 saturated heterocycles. The van der Waals surface area contributed by atoms with E-state index in [1.54, 1.807) is 0 Å². The van der Waals surface area contributed by atoms with Crippen molar-refractivity contribution in [2.45, 2.75) is 13.8 Å². The summed E-state index contributed by atoms with van der Waals surface area (Å²) >= 11 is 0. The zero-order valence-electron chi connectivity index (χ0n) is 5.86. The van der Waals surface area contributed by atoms with Crippen molar-refractivity contribution in [1.82, 2.24) is 0 Å². The van der Waals surface area contributed by atoms with Gasteiger partial charge in [-0.05, 0) is 5.92 Å². The summed E-state index contributed by atoms with van der Waals surface area (Å²) in [6.07, 6.45) is 0. The number of hydrogen-bond acceptors (Lipinski definition) is 3. The van der Waals surface area contributed by atoms with Gasteiger partial charge >= 0.3 is 10.3 Å². The first-order chi connectivity index (χ1) is 4.51. The van der Waals surface area contributed by atoms with Crippen LogP contribution >= 0.6 is 0 Å². The normalized spacial score (nSPS) is 23.3. The summed E-state index contributed by atoms with van der Waals surface area (Å²) in [5.74, 6) is 0.150. The summed E-state index contributed by atoms with van der Waals surface area (Å²) in [6, 6.07) is 0. The summed E-state index contributed by atoms with van der Waals surface area (Å²) in [5, 5.41) is 0. The highest BCUT2D eigenvalue weighted by Crippen LogP contribution is 2.11. The quantitative estimate of drug-likeness (QED) is 0.560. The van der Waals surface area contributed by atoms with Gasteiger partial charge in [-0.25, -0.2) is 4.18 Å². The first-order valence-electron chi connectivity index (χ1n) is 2.99. The fraction of sp³-hybridized carbons (Fsp3) is 0.800. The Bertz CT molecular complexity index is 252. The maximum absolute atomic E-state index is 10.5. The maximum Gasteiger partial charge on any atom is 0.381 e. The van der Waals surface area contributed by atoms with Crippen molar-refractivity contribution in [2.24, 2.45) is 10.3 Å². The van der Waals surface area contributed by atoms with Crippen molar-refractivity contribution in [3.63, 3.8) is 0 Å². The smallest absolute Gasteiger partial charge is 0.246 e. The van der Waals surface area contributed by atoms with Gasteiger partial charge < -0.3 is 0 Å². The van der Waals surface area contributed by atoms with Crippen LogP contribution in [0.5, 0.6) is 0 Å². The molecule has 0 unspecified atom stereocenters. The average Bonchev–Trinajstić information content (AvgIpc) is 2.10. The van der Waals surface area contributed by atoms with Gasteiger partial charge in [0.15, 0.2) is 0 Å². The van der Waals surface area contributed by atoms with Crippen molar-refractivity contribution in [1.29, 1.82) is 0 Å². The molecule has 1 aliphatic rings. The van der Waals surface area contributed by atoms with Gasteiger partial charge in [0.1, 0.15) is 6.61 Å². The highest BCUT2D eigenvalue weighted by atomic mass is 32.2. The third-order valence-corrected chi connectivity index (χ3v) is 2.13. The fourth-order valence-electron chi connectivity index (χ4n) is 0.603. The van der Waals surface area contributed by atoms with E-state index < -0.39 is 10.3 Å². The van der Waals surface area contributed by atoms with Gasteiger partial charge in [-0.3, -0.25) is 0 Å². The van der Waals surface area contributed by atoms with Gasteiger partial charge in [-0.2, -0.15) is 8.42 Å². The van der Waals surface area contributed by atoms with Crippen LogP contribution in [0.15, 0.2) is 4.40 Å². The Labute approximate surface area is 60.2 Å². The van der Waals surface area contributed by atoms with Crippen LogP contribution in [0.25, 0.3) is 0 Å². The zero-order chi connectivity index (χ0) is 7.78. The Hall–Kier alpha value is -0.420. The third kappa shape index (κ3) is 1.54. The lowest BCUT2D eigenvalue weighted by Crippen LogP contribution is -2.08. The molecule has 1 aliphatic heterocycles. The predicted molar refractivity (Wildman–Crippen MR) is 37.1 cm³/mol. The van der Waals surface area contributed by atoms with E-state index in [1.165, 1.54) is 0 Å². The van der Waals surface area contributed by atoms with Crippen LogP contribution in [-0.2, 0) is 14.5 Å². The molecule has 0 aromatic carbocycles. The van der Waals surface area contributed by atoms with Gasteiger partial charge in [-0.1, -0.05) is 13.8 Å². The molecule has 1 heterocycles. The second-order valence-electron chi connectivity index (χ2n) is 2.43. The molecule has 0 aromatic heterocycles. The highest BCUT2D eigenvalue weighted by Gasteiger charge is 2.22. The van der Waals surface area contributed by atoms with Gasteiger partial charge in [0.2, 0.25) is 0 Å². The summed E-state index contributed by atoms with van der Waals surface area (Å²) in [5.41, 5.74) is 0.597. The number of rotatable bonds is 1. The van der Waals surface area contributed by atoms with E-state index in [9.17, 15) is 8.42 Å². The molecule has 0 bridgehead atoms. The molecule has 0 aromatic rings. The van der Waals surface area contributed by atoms with Crippen LogP contribution < -0.4 is 0 Å². The van der Waals surface area contributed by atoms with Crippen molar-refractivity contribution < 1.29 is 12.6 Å². The summed E-state index contributed by atoms with van der Waals surface area (Å²) in [7, 11) is -3.55. The minimum absolute atomic E-state index is 0.125. The van der Waals surface area contributed by atoms with E-state index in [2.05, 4.69) is 8.58 Å². The van der Waals surface area contributed by atoms with E-state index in [0.29, 0.717) is 5.71 Å². The summed E-state index contributed by atoms with van der Waals surface area (Å²) in [4.78, 5) is 0. The van der Waals surface area contributed by atoms with Crippen LogP contribution in [0.3, 0.4) is 0 Å². The number of nitrogens with zero attached hydrogens (tertiary/aromatic N) is 1. The van der Waals surface area contributed by atoms with E-state index in [0.717, 1.165) is 0 Å². The molecule has 4 nitrogen and oxygen atoms in total. The standard InChI is InChI=1S/C5H9NO3S/c1-4(2)5-3-9-10(7,8)6-5/h4H,3H2,1-2H3. The highest BCUT2D eigenvalue weighted by molar-refractivity contribution is 7.85. The van der Waals surface area contributed by atoms with Crippen LogP contribution in [0.2, 0.25) is 0 Å². The molecule has 5 heteroatoms. The molecular formula is C5H9NO3S. The molecule has 58 valence electrons. The Morgan fingerprint density at radius 3 is 2.40 bits per heavy atom. The van der Waals surface area contributed by atoms with Crippen LogP contribution in [-0.4, -0.2) is 20.7 Å². The zero-order valence-corrected chi connectivity index (χ0v) is 6.68. The Balaban J connectivity index is 2.87. The first kappa shape index (κ1) is 7.68. The van der Waals surface area contributed by atoms with Crippen LogP contribution in [0, 0.1) is 5.92 Å². The summed E-state index contributed by atoms with van der Waals surface area (Å²) in [6.45, 7) is 3.88. The van der Waals surface area contributed by atoms with Crippen LogP contribution in [0.1, 0.15) is 13.8 Å². The minimum Gasteiger partial charge on any atom is -0.246 e. The van der Waals surface area contributed by atoms with E-state index in [-0.39, 0.29) is 12.5 Å². The SMILES string of the molecule is CC(C)C1=NS(=O)(=O)OC1. The lowest BCUT2D eigenvalue weighted by Gasteiger charge is -1.97. The average molecular weight is 163 g/mol. The maximum atomic E-state index is 10.5. The van der Waals surface area contributed by atoms with Crippen molar-refractivity contribution in [3.05, 3.63) is 0 Å². The molecule has 1 rings (SSSR count). The lowest BCUT2D eigenvalue weighted by atomic mass is 10.1. The van der Waals surface area contributed by atoms with Gasteiger partial charge in [-0.15, -0.1) is 4.40 Å². The molecule has 10 heavy (non-hydrogen) atoms. The monoisotopic (exact) mass is 163 g/mol.